The molecule has 0 fully saturated rings. The van der Waals surface area contributed by atoms with E-state index in [1.165, 1.54) is 0 Å². The van der Waals surface area contributed by atoms with Crippen LogP contribution in [0.2, 0.25) is 0 Å². The molecule has 1 N–H and O–H groups in total. The van der Waals surface area contributed by atoms with Crippen molar-refractivity contribution in [1.29, 1.82) is 0 Å². The van der Waals surface area contributed by atoms with Crippen molar-refractivity contribution in [3.05, 3.63) is 0 Å². The predicted octanol–water partition coefficient (Wildman–Crippen LogP) is -6.43. The van der Waals surface area contributed by atoms with Crippen molar-refractivity contribution in [3.8, 4) is 0 Å². The molecule has 0 aromatic carbocycles. The second kappa shape index (κ2) is 5.62. The topological polar surface area (TPSA) is 89.4 Å². The van der Waals surface area contributed by atoms with Crippen molar-refractivity contribution in [2.45, 2.75) is 0 Å². The summed E-state index contributed by atoms with van der Waals surface area (Å²) in [6, 6.07) is 0. The van der Waals surface area contributed by atoms with E-state index in [9.17, 15) is 0 Å². The zero-order valence-electron chi connectivity index (χ0n) is 2.78. The van der Waals surface area contributed by atoms with Crippen LogP contribution in [-0.4, -0.2) is 3.44 Å². The number of hydrogen-bond donors (Lipinski definition) is 1. The molecule has 0 aliphatic carbocycles. The van der Waals surface area contributed by atoms with E-state index in [2.05, 4.69) is 9.69 Å². The minimum Gasteiger partial charge on any atom is -0.256 e. The molecule has 7 heavy (non-hydrogen) atoms. The standard InChI is InChI=1S/ClH.HIO4.Ru/c;2-1(3,4)5;/h1H;2H;/q;;+1/p-1. The van der Waals surface area contributed by atoms with Crippen LogP contribution in [-0.2, 0) is 17.3 Å². The normalized spacial score (nSPS) is 9.43. The minimum atomic E-state index is -5.69. The molecule has 0 saturated heterocycles. The van der Waals surface area contributed by atoms with E-state index in [1.807, 2.05) is 17.3 Å². The van der Waals surface area contributed by atoms with Crippen LogP contribution in [0.25, 0.3) is 0 Å². The van der Waals surface area contributed by atoms with Gasteiger partial charge in [-0.05, 0) is 0 Å². The maximum atomic E-state index is 8.73. The first-order valence-electron chi connectivity index (χ1n) is 0.766. The van der Waals surface area contributed by atoms with Gasteiger partial charge in [-0.1, -0.05) is 0 Å². The average molecular weight is 328 g/mol. The molecule has 0 aromatic rings. The number of rotatable bonds is 0. The molecule has 4 nitrogen and oxygen atoms in total. The first kappa shape index (κ1) is 11.3. The molecular formula is HClIO4Ru. The third-order valence-electron chi connectivity index (χ3n) is 0. The van der Waals surface area contributed by atoms with E-state index in [4.69, 9.17) is 13.7 Å². The summed E-state index contributed by atoms with van der Waals surface area (Å²) in [7, 11) is 4.57. The quantitative estimate of drug-likeness (QED) is 0.354. The Labute approximate surface area is 60.5 Å². The summed E-state index contributed by atoms with van der Waals surface area (Å²) < 4.78 is 33.2. The molecule has 0 heterocycles. The van der Waals surface area contributed by atoms with Crippen molar-refractivity contribution in [1.82, 2.24) is 0 Å². The summed E-state index contributed by atoms with van der Waals surface area (Å²) in [6.07, 6.45) is 0. The van der Waals surface area contributed by atoms with E-state index in [-0.39, 0.29) is 0 Å². The van der Waals surface area contributed by atoms with Gasteiger partial charge in [-0.15, -0.1) is 0 Å². The van der Waals surface area contributed by atoms with Crippen LogP contribution < -0.4 is 30.4 Å². The van der Waals surface area contributed by atoms with Crippen molar-refractivity contribution in [3.63, 3.8) is 0 Å². The molecule has 0 atom stereocenters. The Bertz CT molecular complexity index is 27.2. The summed E-state index contributed by atoms with van der Waals surface area (Å²) in [5, 5.41) is 0. The molecule has 0 aliphatic heterocycles. The van der Waals surface area contributed by atoms with Crippen LogP contribution in [0, 0.1) is 0 Å². The van der Waals surface area contributed by atoms with E-state index >= 15 is 0 Å². The van der Waals surface area contributed by atoms with Gasteiger partial charge in [0.2, 0.25) is 0 Å². The summed E-state index contributed by atoms with van der Waals surface area (Å²) in [5.74, 6) is 0. The number of halogens is 2. The molecule has 0 spiro atoms. The van der Waals surface area contributed by atoms with E-state index in [1.54, 1.807) is 0 Å². The molecule has 0 aliphatic rings. The third kappa shape index (κ3) is 102. The van der Waals surface area contributed by atoms with Gasteiger partial charge in [-0.2, -0.15) is 0 Å². The third-order valence-corrected chi connectivity index (χ3v) is 0. The molecule has 0 rings (SSSR count). The van der Waals surface area contributed by atoms with Gasteiger partial charge < -0.3 is 0 Å². The van der Waals surface area contributed by atoms with Gasteiger partial charge in [0, 0.05) is 3.44 Å². The monoisotopic (exact) mass is 329 g/mol. The Kier molecular flexibility index (Phi) is 9.07. The molecule has 0 radical (unpaired) electrons. The first-order valence-corrected chi connectivity index (χ1v) is 6.61. The average Bonchev–Trinajstić information content (AvgIpc) is 1.36. The Hall–Kier alpha value is 1.48. The Morgan fingerprint density at radius 2 is 1.29 bits per heavy atom. The van der Waals surface area contributed by atoms with Crippen LogP contribution in [0.15, 0.2) is 0 Å². The fourth-order valence-corrected chi connectivity index (χ4v) is 0. The zero-order valence-corrected chi connectivity index (χ0v) is 7.43. The molecule has 0 amide bonds. The Morgan fingerprint density at radius 3 is 1.29 bits per heavy atom. The van der Waals surface area contributed by atoms with Gasteiger partial charge in [-0.3, -0.25) is 10.3 Å². The maximum absolute atomic E-state index is 8.73. The summed E-state index contributed by atoms with van der Waals surface area (Å²) >= 11 is -3.87. The van der Waals surface area contributed by atoms with Gasteiger partial charge in [0.05, 0.1) is 0 Å². The van der Waals surface area contributed by atoms with Gasteiger partial charge in [0.1, 0.15) is 0 Å². The first-order chi connectivity index (χ1) is 3.00. The fourth-order valence-electron chi connectivity index (χ4n) is 0. The van der Waals surface area contributed by atoms with Crippen molar-refractivity contribution >= 4 is 9.69 Å². The van der Waals surface area contributed by atoms with Gasteiger partial charge in [-0.25, -0.2) is 0 Å². The van der Waals surface area contributed by atoms with E-state index in [0.29, 0.717) is 0 Å². The summed E-state index contributed by atoms with van der Waals surface area (Å²) in [6.45, 7) is 0. The summed E-state index contributed by atoms with van der Waals surface area (Å²) in [4.78, 5) is 0. The zero-order chi connectivity index (χ0) is 6.50. The largest absolute Gasteiger partial charge is 0.368 e. The smallest absolute Gasteiger partial charge is 0.256 e. The Morgan fingerprint density at radius 1 is 1.29 bits per heavy atom. The van der Waals surface area contributed by atoms with Crippen molar-refractivity contribution in [2.75, 3.05) is 0 Å². The molecule has 7 heteroatoms. The van der Waals surface area contributed by atoms with E-state index in [0.717, 1.165) is 0 Å². The number of hydrogen-bond acceptors (Lipinski definition) is 4. The summed E-state index contributed by atoms with van der Waals surface area (Å²) in [5.41, 5.74) is 0. The fraction of sp³-hybridized carbons (Fsp3) is 0. The molecule has 0 saturated carbocycles. The second-order valence-corrected chi connectivity index (χ2v) is 2.66. The van der Waals surface area contributed by atoms with Gasteiger partial charge in [0.25, 0.3) is 0 Å². The molecule has 0 aromatic heterocycles. The molecule has 47 valence electrons. The maximum Gasteiger partial charge on any atom is 0.368 e. The van der Waals surface area contributed by atoms with Gasteiger partial charge in [0.15, 0.2) is 0 Å². The van der Waals surface area contributed by atoms with Crippen LogP contribution in [0.3, 0.4) is 0 Å². The molecule has 0 bridgehead atoms. The molecular weight excluding hydrogens is 327 g/mol. The van der Waals surface area contributed by atoms with E-state index < -0.39 is 20.1 Å². The second-order valence-electron chi connectivity index (χ2n) is 0.396. The van der Waals surface area contributed by atoms with Gasteiger partial charge >= 0.3 is 47.1 Å². The van der Waals surface area contributed by atoms with Crippen molar-refractivity contribution in [2.24, 2.45) is 0 Å². The Balaban J connectivity index is 0. The minimum absolute atomic E-state index is 1.82. The predicted molar refractivity (Wildman–Crippen MR) is 8.07 cm³/mol. The van der Waals surface area contributed by atoms with Crippen molar-refractivity contribution < 1.29 is 51.1 Å². The SMILES string of the molecule is [Cl][Ru].[O-][I+3]([O-])([O-])O. The van der Waals surface area contributed by atoms with Crippen LogP contribution in [0.1, 0.15) is 0 Å². The van der Waals surface area contributed by atoms with Crippen LogP contribution >= 0.6 is 9.69 Å². The van der Waals surface area contributed by atoms with Crippen LogP contribution in [0.5, 0.6) is 0 Å². The molecule has 0 unspecified atom stereocenters. The van der Waals surface area contributed by atoms with Crippen LogP contribution in [0.4, 0.5) is 0 Å².